The van der Waals surface area contributed by atoms with Crippen LogP contribution >= 0.6 is 23.4 Å². The Morgan fingerprint density at radius 3 is 2.82 bits per heavy atom. The van der Waals surface area contributed by atoms with E-state index in [1.165, 1.54) is 32.1 Å². The zero-order chi connectivity index (χ0) is 12.3. The van der Waals surface area contributed by atoms with E-state index in [9.17, 15) is 5.11 Å². The first-order valence-electron chi connectivity index (χ1n) is 6.15. The SMILES string of the molecule is Cn1ncc(Cl)c1C(O)CSC1CCCCC1. The van der Waals surface area contributed by atoms with Gasteiger partial charge in [0.05, 0.1) is 16.9 Å². The molecule has 1 unspecified atom stereocenters. The molecule has 1 aliphatic rings. The number of aliphatic hydroxyl groups is 1. The Bertz CT molecular complexity index is 344. The maximum absolute atomic E-state index is 10.1. The Morgan fingerprint density at radius 1 is 1.53 bits per heavy atom. The first-order valence-corrected chi connectivity index (χ1v) is 7.58. The smallest absolute Gasteiger partial charge is 0.106 e. The highest BCUT2D eigenvalue weighted by atomic mass is 35.5. The van der Waals surface area contributed by atoms with Crippen molar-refractivity contribution < 1.29 is 5.11 Å². The van der Waals surface area contributed by atoms with E-state index in [2.05, 4.69) is 5.10 Å². The molecule has 1 saturated carbocycles. The summed E-state index contributed by atoms with van der Waals surface area (Å²) in [5.41, 5.74) is 0.731. The number of aliphatic hydroxyl groups excluding tert-OH is 1. The number of hydrogen-bond acceptors (Lipinski definition) is 3. The quantitative estimate of drug-likeness (QED) is 0.916. The molecule has 5 heteroatoms. The van der Waals surface area contributed by atoms with Gasteiger partial charge in [0.1, 0.15) is 6.10 Å². The maximum Gasteiger partial charge on any atom is 0.106 e. The van der Waals surface area contributed by atoms with Crippen LogP contribution in [-0.4, -0.2) is 25.9 Å². The minimum Gasteiger partial charge on any atom is -0.386 e. The van der Waals surface area contributed by atoms with Crippen molar-refractivity contribution in [3.05, 3.63) is 16.9 Å². The lowest BCUT2D eigenvalue weighted by molar-refractivity contribution is 0.193. The van der Waals surface area contributed by atoms with Gasteiger partial charge in [-0.1, -0.05) is 30.9 Å². The summed E-state index contributed by atoms with van der Waals surface area (Å²) in [5, 5.41) is 15.5. The van der Waals surface area contributed by atoms with Gasteiger partial charge in [-0.25, -0.2) is 0 Å². The summed E-state index contributed by atoms with van der Waals surface area (Å²) in [4.78, 5) is 0. The predicted octanol–water partition coefficient (Wildman–Crippen LogP) is 3.17. The molecular formula is C12H19ClN2OS. The molecule has 96 valence electrons. The Hall–Kier alpha value is -0.190. The van der Waals surface area contributed by atoms with E-state index in [-0.39, 0.29) is 0 Å². The Kier molecular flexibility index (Phi) is 4.77. The summed E-state index contributed by atoms with van der Waals surface area (Å²) in [5.74, 6) is 0.712. The summed E-state index contributed by atoms with van der Waals surface area (Å²) in [7, 11) is 1.82. The van der Waals surface area contributed by atoms with Gasteiger partial charge in [-0.15, -0.1) is 0 Å². The van der Waals surface area contributed by atoms with E-state index in [0.717, 1.165) is 5.69 Å². The minimum atomic E-state index is -0.512. The maximum atomic E-state index is 10.1. The fourth-order valence-corrected chi connectivity index (χ4v) is 3.90. The third kappa shape index (κ3) is 3.39. The van der Waals surface area contributed by atoms with Crippen LogP contribution in [0.5, 0.6) is 0 Å². The second kappa shape index (κ2) is 6.12. The van der Waals surface area contributed by atoms with Crippen molar-refractivity contribution in [2.75, 3.05) is 5.75 Å². The highest BCUT2D eigenvalue weighted by Gasteiger charge is 2.20. The monoisotopic (exact) mass is 274 g/mol. The molecule has 17 heavy (non-hydrogen) atoms. The summed E-state index contributed by atoms with van der Waals surface area (Å²) < 4.78 is 1.66. The van der Waals surface area contributed by atoms with Crippen LogP contribution in [0.2, 0.25) is 5.02 Å². The van der Waals surface area contributed by atoms with Crippen LogP contribution < -0.4 is 0 Å². The number of aromatic nitrogens is 2. The number of rotatable bonds is 4. The van der Waals surface area contributed by atoms with Gasteiger partial charge in [-0.2, -0.15) is 16.9 Å². The summed E-state index contributed by atoms with van der Waals surface area (Å²) in [6.45, 7) is 0. The van der Waals surface area contributed by atoms with E-state index in [0.29, 0.717) is 16.0 Å². The van der Waals surface area contributed by atoms with Crippen molar-refractivity contribution >= 4 is 23.4 Å². The molecule has 0 amide bonds. The molecule has 1 aliphatic carbocycles. The molecule has 0 radical (unpaired) electrons. The van der Waals surface area contributed by atoms with E-state index in [1.807, 2.05) is 18.8 Å². The van der Waals surface area contributed by atoms with Crippen LogP contribution in [0, 0.1) is 0 Å². The van der Waals surface area contributed by atoms with Gasteiger partial charge in [0.2, 0.25) is 0 Å². The van der Waals surface area contributed by atoms with Crippen LogP contribution in [0.15, 0.2) is 6.20 Å². The number of nitrogens with zero attached hydrogens (tertiary/aromatic N) is 2. The third-order valence-corrected chi connectivity index (χ3v) is 5.04. The molecule has 0 spiro atoms. The first-order chi connectivity index (χ1) is 8.18. The summed E-state index contributed by atoms with van der Waals surface area (Å²) in [6, 6.07) is 0. The summed E-state index contributed by atoms with van der Waals surface area (Å²) in [6.07, 6.45) is 7.69. The van der Waals surface area contributed by atoms with Crippen molar-refractivity contribution in [3.8, 4) is 0 Å². The average Bonchev–Trinajstić information content (AvgIpc) is 2.67. The van der Waals surface area contributed by atoms with Crippen LogP contribution in [0.4, 0.5) is 0 Å². The molecule has 0 aliphatic heterocycles. The molecule has 1 atom stereocenters. The number of halogens is 1. The van der Waals surface area contributed by atoms with Gasteiger partial charge in [-0.05, 0) is 12.8 Å². The molecule has 0 aromatic carbocycles. The normalized spacial score (nSPS) is 19.5. The molecule has 1 fully saturated rings. The topological polar surface area (TPSA) is 38.0 Å². The second-order valence-electron chi connectivity index (χ2n) is 4.61. The minimum absolute atomic E-state index is 0.512. The van der Waals surface area contributed by atoms with Crippen molar-refractivity contribution in [1.82, 2.24) is 9.78 Å². The number of aryl methyl sites for hydroxylation is 1. The zero-order valence-electron chi connectivity index (χ0n) is 10.1. The van der Waals surface area contributed by atoms with Crippen LogP contribution in [-0.2, 0) is 7.05 Å². The number of hydrogen-bond donors (Lipinski definition) is 1. The molecule has 1 aromatic heterocycles. The highest BCUT2D eigenvalue weighted by Crippen LogP contribution is 2.32. The Morgan fingerprint density at radius 2 is 2.24 bits per heavy atom. The van der Waals surface area contributed by atoms with Gasteiger partial charge in [0.15, 0.2) is 0 Å². The van der Waals surface area contributed by atoms with Crippen molar-refractivity contribution in [2.24, 2.45) is 7.05 Å². The molecule has 1 aromatic rings. The second-order valence-corrected chi connectivity index (χ2v) is 6.35. The Balaban J connectivity index is 1.86. The standard InChI is InChI=1S/C12H19ClN2OS/c1-15-12(10(13)7-14-15)11(16)8-17-9-5-3-2-4-6-9/h7,9,11,16H,2-6,8H2,1H3. The molecule has 2 rings (SSSR count). The highest BCUT2D eigenvalue weighted by molar-refractivity contribution is 7.99. The van der Waals surface area contributed by atoms with Crippen LogP contribution in [0.25, 0.3) is 0 Å². The van der Waals surface area contributed by atoms with Gasteiger partial charge in [0, 0.05) is 18.1 Å². The lowest BCUT2D eigenvalue weighted by Crippen LogP contribution is -2.13. The molecule has 3 nitrogen and oxygen atoms in total. The first kappa shape index (κ1) is 13.2. The lowest BCUT2D eigenvalue weighted by atomic mass is 10.0. The van der Waals surface area contributed by atoms with Gasteiger partial charge >= 0.3 is 0 Å². The van der Waals surface area contributed by atoms with E-state index in [4.69, 9.17) is 11.6 Å². The fraction of sp³-hybridized carbons (Fsp3) is 0.750. The Labute approximate surface area is 112 Å². The predicted molar refractivity (Wildman–Crippen MR) is 72.5 cm³/mol. The largest absolute Gasteiger partial charge is 0.386 e. The van der Waals surface area contributed by atoms with E-state index < -0.39 is 6.10 Å². The van der Waals surface area contributed by atoms with Crippen LogP contribution in [0.3, 0.4) is 0 Å². The number of thioether (sulfide) groups is 1. The average molecular weight is 275 g/mol. The van der Waals surface area contributed by atoms with Gasteiger partial charge in [0.25, 0.3) is 0 Å². The molecule has 1 heterocycles. The third-order valence-electron chi connectivity index (χ3n) is 3.30. The lowest BCUT2D eigenvalue weighted by Gasteiger charge is -2.22. The van der Waals surface area contributed by atoms with E-state index >= 15 is 0 Å². The molecular weight excluding hydrogens is 256 g/mol. The van der Waals surface area contributed by atoms with Crippen LogP contribution in [0.1, 0.15) is 43.9 Å². The van der Waals surface area contributed by atoms with Crippen molar-refractivity contribution in [2.45, 2.75) is 43.5 Å². The van der Waals surface area contributed by atoms with Crippen molar-refractivity contribution in [1.29, 1.82) is 0 Å². The molecule has 0 bridgehead atoms. The zero-order valence-corrected chi connectivity index (χ0v) is 11.7. The van der Waals surface area contributed by atoms with Crippen molar-refractivity contribution in [3.63, 3.8) is 0 Å². The molecule has 1 N–H and O–H groups in total. The fourth-order valence-electron chi connectivity index (χ4n) is 2.33. The van der Waals surface area contributed by atoms with Gasteiger partial charge in [-0.3, -0.25) is 4.68 Å². The summed E-state index contributed by atoms with van der Waals surface area (Å²) >= 11 is 7.88. The van der Waals surface area contributed by atoms with Gasteiger partial charge < -0.3 is 5.11 Å². The van der Waals surface area contributed by atoms with E-state index in [1.54, 1.807) is 10.9 Å². The molecule has 0 saturated heterocycles.